The molecule has 6 atom stereocenters. The van der Waals surface area contributed by atoms with Crippen molar-refractivity contribution >= 4 is 28.5 Å². The zero-order valence-electron chi connectivity index (χ0n) is 8.37. The molecule has 9 heteroatoms. The first kappa shape index (κ1) is 13.1. The molecule has 0 radical (unpaired) electrons. The molecule has 17 heavy (non-hydrogen) atoms. The van der Waals surface area contributed by atoms with Crippen molar-refractivity contribution in [3.8, 4) is 0 Å². The molecule has 2 rings (SSSR count). The summed E-state index contributed by atoms with van der Waals surface area (Å²) in [5.41, 5.74) is -4.91. The Balaban J connectivity index is 2.35. The Labute approximate surface area is 101 Å². The maximum atomic E-state index is 13.8. The number of alkyl halides is 4. The number of carbonyl (C=O) groups is 1. The third kappa shape index (κ3) is 1.87. The van der Waals surface area contributed by atoms with E-state index in [-0.39, 0.29) is 24.7 Å². The average Bonchev–Trinajstić information content (AvgIpc) is 2.30. The van der Waals surface area contributed by atoms with Gasteiger partial charge in [-0.15, -0.1) is 0 Å². The van der Waals surface area contributed by atoms with Crippen LogP contribution in [-0.4, -0.2) is 44.1 Å². The van der Waals surface area contributed by atoms with Gasteiger partial charge in [0.25, 0.3) is 5.91 Å². The van der Waals surface area contributed by atoms with Gasteiger partial charge < -0.3 is 5.32 Å². The van der Waals surface area contributed by atoms with E-state index in [2.05, 4.69) is 5.32 Å². The fraction of sp³-hybridized carbons (Fsp3) is 0.875. The first-order valence-corrected chi connectivity index (χ1v) is 6.92. The minimum absolute atomic E-state index is 0.0333. The lowest BCUT2D eigenvalue weighted by atomic mass is 10.1. The van der Waals surface area contributed by atoms with Gasteiger partial charge in [0, 0.05) is 6.54 Å². The van der Waals surface area contributed by atoms with E-state index in [0.29, 0.717) is 0 Å². The van der Waals surface area contributed by atoms with Crippen LogP contribution in [-0.2, 0) is 15.6 Å². The largest absolute Gasteiger partial charge is 0.353 e. The summed E-state index contributed by atoms with van der Waals surface area (Å²) in [4.78, 5) is 11.1. The molecular formula is C8H9F4NO2S2. The molecule has 2 fully saturated rings. The lowest BCUT2D eigenvalue weighted by Crippen LogP contribution is -2.61. The van der Waals surface area contributed by atoms with Crippen LogP contribution in [0.15, 0.2) is 0 Å². The van der Waals surface area contributed by atoms with Crippen LogP contribution >= 0.6 is 11.8 Å². The molecule has 6 unspecified atom stereocenters. The standard InChI is InChI=1S/C8H9F4NO2S2/c9-3-5(11)16-8(17(15)6(3)12)1-2-13-7(14)4(8)10/h3-6H,1-2H2,(H,13,14). The molecule has 2 aliphatic rings. The van der Waals surface area contributed by atoms with Crippen LogP contribution in [0.1, 0.15) is 6.42 Å². The minimum atomic E-state index is -2.60. The van der Waals surface area contributed by atoms with Gasteiger partial charge in [-0.1, -0.05) is 11.8 Å². The molecule has 1 N–H and O–H groups in total. The van der Waals surface area contributed by atoms with Crippen molar-refractivity contribution < 1.29 is 26.6 Å². The van der Waals surface area contributed by atoms with E-state index in [1.165, 1.54) is 0 Å². The SMILES string of the molecule is O=C1NCCC2(SC(F)C(F)C(F)S2=O)C1F. The monoisotopic (exact) mass is 291 g/mol. The Morgan fingerprint density at radius 2 is 2.00 bits per heavy atom. The molecule has 0 aromatic rings. The smallest absolute Gasteiger partial charge is 0.257 e. The fourth-order valence-corrected chi connectivity index (χ4v) is 5.32. The maximum Gasteiger partial charge on any atom is 0.257 e. The zero-order valence-corrected chi connectivity index (χ0v) is 10.0. The lowest BCUT2D eigenvalue weighted by Gasteiger charge is -2.43. The minimum Gasteiger partial charge on any atom is -0.353 e. The number of amides is 1. The van der Waals surface area contributed by atoms with E-state index < -0.39 is 44.1 Å². The van der Waals surface area contributed by atoms with Crippen molar-refractivity contribution in [2.24, 2.45) is 0 Å². The number of rotatable bonds is 0. The van der Waals surface area contributed by atoms with Gasteiger partial charge in [-0.2, -0.15) is 0 Å². The molecule has 0 aromatic heterocycles. The third-order valence-electron chi connectivity index (χ3n) is 2.75. The van der Waals surface area contributed by atoms with Gasteiger partial charge in [0.05, 0.1) is 10.8 Å². The van der Waals surface area contributed by atoms with Gasteiger partial charge in [-0.3, -0.25) is 9.00 Å². The molecule has 0 aromatic carbocycles. The number of thioether (sulfide) groups is 1. The van der Waals surface area contributed by atoms with E-state index in [1.807, 2.05) is 0 Å². The number of hydrogen-bond acceptors (Lipinski definition) is 3. The van der Waals surface area contributed by atoms with Crippen LogP contribution in [0.5, 0.6) is 0 Å². The lowest BCUT2D eigenvalue weighted by molar-refractivity contribution is -0.127. The van der Waals surface area contributed by atoms with Crippen molar-refractivity contribution in [3.05, 3.63) is 0 Å². The van der Waals surface area contributed by atoms with Gasteiger partial charge in [0.2, 0.25) is 11.7 Å². The van der Waals surface area contributed by atoms with E-state index in [0.717, 1.165) is 0 Å². The van der Waals surface area contributed by atoms with E-state index in [9.17, 15) is 26.6 Å². The van der Waals surface area contributed by atoms with Crippen molar-refractivity contribution in [3.63, 3.8) is 0 Å². The molecule has 3 nitrogen and oxygen atoms in total. The highest BCUT2D eigenvalue weighted by Gasteiger charge is 2.61. The van der Waals surface area contributed by atoms with Gasteiger partial charge in [0.1, 0.15) is 4.08 Å². The Morgan fingerprint density at radius 1 is 1.35 bits per heavy atom. The third-order valence-corrected chi connectivity index (χ3v) is 6.58. The first-order chi connectivity index (χ1) is 7.90. The molecule has 0 aliphatic carbocycles. The summed E-state index contributed by atoms with van der Waals surface area (Å²) >= 11 is 0.124. The van der Waals surface area contributed by atoms with Gasteiger partial charge >= 0.3 is 0 Å². The quantitative estimate of drug-likeness (QED) is 0.676. The van der Waals surface area contributed by atoms with Crippen molar-refractivity contribution in [1.29, 1.82) is 0 Å². The Morgan fingerprint density at radius 3 is 2.65 bits per heavy atom. The molecule has 0 bridgehead atoms. The Kier molecular flexibility index (Phi) is 3.41. The highest BCUT2D eigenvalue weighted by molar-refractivity contribution is 8.13. The molecule has 2 saturated heterocycles. The molecule has 2 aliphatic heterocycles. The number of halogens is 4. The molecule has 2 heterocycles. The topological polar surface area (TPSA) is 46.2 Å². The summed E-state index contributed by atoms with van der Waals surface area (Å²) in [7, 11) is -2.59. The summed E-state index contributed by atoms with van der Waals surface area (Å²) in [5, 5.41) is 2.16. The summed E-state index contributed by atoms with van der Waals surface area (Å²) in [6, 6.07) is 0. The summed E-state index contributed by atoms with van der Waals surface area (Å²) in [6.07, 6.45) is -5.04. The van der Waals surface area contributed by atoms with Gasteiger partial charge in [-0.05, 0) is 6.42 Å². The van der Waals surface area contributed by atoms with Crippen LogP contribution in [0, 0.1) is 0 Å². The summed E-state index contributed by atoms with van der Waals surface area (Å²) in [5.74, 6) is -1.06. The predicted octanol–water partition coefficient (Wildman–Crippen LogP) is 0.966. The van der Waals surface area contributed by atoms with Crippen LogP contribution in [0.3, 0.4) is 0 Å². The van der Waals surface area contributed by atoms with Crippen LogP contribution in [0.2, 0.25) is 0 Å². The van der Waals surface area contributed by atoms with E-state index in [4.69, 9.17) is 0 Å². The predicted molar refractivity (Wildman–Crippen MR) is 55.7 cm³/mol. The molecule has 0 saturated carbocycles. The van der Waals surface area contributed by atoms with Crippen LogP contribution < -0.4 is 5.32 Å². The number of nitrogens with one attached hydrogen (secondary N) is 1. The second-order valence-electron chi connectivity index (χ2n) is 3.78. The van der Waals surface area contributed by atoms with Crippen LogP contribution in [0.4, 0.5) is 17.6 Å². The maximum absolute atomic E-state index is 13.8. The number of carbonyl (C=O) groups excluding carboxylic acids is 1. The Hall–Kier alpha value is -0.310. The van der Waals surface area contributed by atoms with Gasteiger partial charge in [-0.25, -0.2) is 17.6 Å². The molecule has 98 valence electrons. The summed E-state index contributed by atoms with van der Waals surface area (Å²) < 4.78 is 63.0. The molecule has 1 amide bonds. The highest BCUT2D eigenvalue weighted by Crippen LogP contribution is 2.50. The Bertz CT molecular complexity index is 371. The van der Waals surface area contributed by atoms with Crippen molar-refractivity contribution in [2.45, 2.75) is 33.9 Å². The number of piperidine rings is 1. The van der Waals surface area contributed by atoms with Crippen molar-refractivity contribution in [2.75, 3.05) is 6.54 Å². The van der Waals surface area contributed by atoms with Crippen molar-refractivity contribution in [1.82, 2.24) is 5.32 Å². The van der Waals surface area contributed by atoms with E-state index >= 15 is 0 Å². The first-order valence-electron chi connectivity index (χ1n) is 4.82. The molecular weight excluding hydrogens is 282 g/mol. The summed E-state index contributed by atoms with van der Waals surface area (Å²) in [6.45, 7) is -0.0333. The normalized spacial score (nSPS) is 51.3. The molecule has 1 spiro atoms. The second kappa shape index (κ2) is 4.42. The fourth-order valence-electron chi connectivity index (χ4n) is 1.83. The second-order valence-corrected chi connectivity index (χ2v) is 7.22. The highest BCUT2D eigenvalue weighted by atomic mass is 32.2. The number of hydrogen-bond donors (Lipinski definition) is 1. The van der Waals surface area contributed by atoms with E-state index in [1.54, 1.807) is 0 Å². The average molecular weight is 291 g/mol. The van der Waals surface area contributed by atoms with Gasteiger partial charge in [0.15, 0.2) is 11.7 Å². The van der Waals surface area contributed by atoms with Crippen LogP contribution in [0.25, 0.3) is 0 Å². The zero-order chi connectivity index (χ0) is 12.8.